The van der Waals surface area contributed by atoms with E-state index in [4.69, 9.17) is 15.6 Å². The van der Waals surface area contributed by atoms with Gasteiger partial charge in [-0.1, -0.05) is 0 Å². The first-order valence-corrected chi connectivity index (χ1v) is 10.9. The highest BCUT2D eigenvalue weighted by Gasteiger charge is 2.32. The third-order valence-electron chi connectivity index (χ3n) is 5.77. The molecule has 35 heavy (non-hydrogen) atoms. The van der Waals surface area contributed by atoms with Crippen molar-refractivity contribution in [2.24, 2.45) is 5.73 Å². The normalized spacial score (nSPS) is 16.6. The van der Waals surface area contributed by atoms with Crippen LogP contribution in [0.5, 0.6) is 5.75 Å². The Kier molecular flexibility index (Phi) is 7.99. The van der Waals surface area contributed by atoms with Crippen LogP contribution in [0.3, 0.4) is 0 Å². The second-order valence-electron chi connectivity index (χ2n) is 8.27. The first-order chi connectivity index (χ1) is 16.5. The summed E-state index contributed by atoms with van der Waals surface area (Å²) >= 11 is 0. The fourth-order valence-electron chi connectivity index (χ4n) is 3.98. The Hall–Kier alpha value is -3.61. The van der Waals surface area contributed by atoms with Crippen LogP contribution < -0.4 is 11.1 Å². The minimum atomic E-state index is -4.62. The Balaban J connectivity index is 1.90. The third kappa shape index (κ3) is 6.72. The second-order valence-corrected chi connectivity index (χ2v) is 8.27. The van der Waals surface area contributed by atoms with Gasteiger partial charge in [0.25, 0.3) is 0 Å². The summed E-state index contributed by atoms with van der Waals surface area (Å²) < 4.78 is 43.9. The number of piperidine rings is 1. The molecule has 1 aromatic heterocycles. The zero-order chi connectivity index (χ0) is 25.8. The number of halogens is 3. The van der Waals surface area contributed by atoms with Crippen LogP contribution in [-0.4, -0.2) is 63.0 Å². The number of phenolic OH excluding ortho intramolecular Hbond substituents is 1. The lowest BCUT2D eigenvalue weighted by Gasteiger charge is -2.33. The molecule has 1 saturated heterocycles. The molecule has 1 amide bonds. The molecule has 1 aliphatic rings. The monoisotopic (exact) mass is 497 g/mol. The molecule has 5 N–H and O–H groups in total. The number of aromatic nitrogens is 2. The number of likely N-dealkylation sites (tertiary alicyclic amines) is 1. The zero-order valence-corrected chi connectivity index (χ0v) is 18.9. The van der Waals surface area contributed by atoms with Crippen molar-refractivity contribution in [3.63, 3.8) is 0 Å². The topological polar surface area (TPSA) is 151 Å². The van der Waals surface area contributed by atoms with Gasteiger partial charge in [0.05, 0.1) is 12.0 Å². The number of anilines is 1. The maximum absolute atomic E-state index is 13.0. The smallest absolute Gasteiger partial charge is 0.416 e. The number of aromatic hydroxyl groups is 1. The van der Waals surface area contributed by atoms with E-state index in [0.29, 0.717) is 36.1 Å². The summed E-state index contributed by atoms with van der Waals surface area (Å²) in [5.74, 6) is -1.21. The fraction of sp³-hybridized carbons (Fsp3) is 0.455. The predicted molar refractivity (Wildman–Crippen MR) is 119 cm³/mol. The van der Waals surface area contributed by atoms with Crippen molar-refractivity contribution in [2.75, 3.05) is 25.0 Å². The van der Waals surface area contributed by atoms with Gasteiger partial charge in [-0.05, 0) is 50.1 Å². The van der Waals surface area contributed by atoms with E-state index in [1.165, 1.54) is 0 Å². The number of nitrogens with one attached hydrogen (secondary N) is 1. The number of carboxylic acids is 1. The molecule has 1 aliphatic heterocycles. The van der Waals surface area contributed by atoms with Gasteiger partial charge in [-0.25, -0.2) is 4.79 Å². The van der Waals surface area contributed by atoms with E-state index < -0.39 is 29.6 Å². The first kappa shape index (κ1) is 26.0. The molecule has 0 bridgehead atoms. The fourth-order valence-corrected chi connectivity index (χ4v) is 3.98. The molecule has 190 valence electrons. The van der Waals surface area contributed by atoms with Gasteiger partial charge in [0.2, 0.25) is 0 Å². The van der Waals surface area contributed by atoms with Crippen molar-refractivity contribution in [1.29, 1.82) is 0 Å². The Morgan fingerprint density at radius 1 is 1.31 bits per heavy atom. The maximum Gasteiger partial charge on any atom is 0.416 e. The van der Waals surface area contributed by atoms with E-state index in [1.54, 1.807) is 6.92 Å². The lowest BCUT2D eigenvalue weighted by Crippen LogP contribution is -2.43. The molecule has 2 aromatic rings. The minimum absolute atomic E-state index is 0.0225. The SMILES string of the molecule is Cc1c(-c2ccc(C(F)(F)F)cc2O)nnc(N[C@@H]2CCCN(CCC(=O)O)C2)c1COC(N)=O. The summed E-state index contributed by atoms with van der Waals surface area (Å²) in [5.41, 5.74) is 5.09. The number of hydrogen-bond acceptors (Lipinski definition) is 8. The number of nitrogens with two attached hydrogens (primary N) is 1. The first-order valence-electron chi connectivity index (χ1n) is 10.9. The highest BCUT2D eigenvalue weighted by Crippen LogP contribution is 2.38. The van der Waals surface area contributed by atoms with Crippen LogP contribution in [0.15, 0.2) is 18.2 Å². The van der Waals surface area contributed by atoms with Crippen LogP contribution in [0.2, 0.25) is 0 Å². The predicted octanol–water partition coefficient (Wildman–Crippen LogP) is 3.12. The molecule has 1 aromatic carbocycles. The van der Waals surface area contributed by atoms with Gasteiger partial charge < -0.3 is 30.9 Å². The van der Waals surface area contributed by atoms with Crippen molar-refractivity contribution >= 4 is 17.9 Å². The molecule has 3 rings (SSSR count). The summed E-state index contributed by atoms with van der Waals surface area (Å²) in [5, 5.41) is 30.7. The van der Waals surface area contributed by atoms with Crippen molar-refractivity contribution in [1.82, 2.24) is 15.1 Å². The molecule has 10 nitrogen and oxygen atoms in total. The second kappa shape index (κ2) is 10.8. The summed E-state index contributed by atoms with van der Waals surface area (Å²) in [6.45, 7) is 3.07. The largest absolute Gasteiger partial charge is 0.507 e. The lowest BCUT2D eigenvalue weighted by molar-refractivity contribution is -0.138. The summed E-state index contributed by atoms with van der Waals surface area (Å²) in [6.07, 6.45) is -4.02. The number of benzene rings is 1. The van der Waals surface area contributed by atoms with Gasteiger partial charge >= 0.3 is 18.2 Å². The molecule has 0 spiro atoms. The van der Waals surface area contributed by atoms with Crippen molar-refractivity contribution in [2.45, 2.75) is 45.0 Å². The quantitative estimate of drug-likeness (QED) is 0.431. The molecule has 0 unspecified atom stereocenters. The Morgan fingerprint density at radius 2 is 2.06 bits per heavy atom. The van der Waals surface area contributed by atoms with E-state index in [1.807, 2.05) is 4.90 Å². The number of carboxylic acid groups (broad SMARTS) is 1. The minimum Gasteiger partial charge on any atom is -0.507 e. The van der Waals surface area contributed by atoms with Crippen LogP contribution in [0.25, 0.3) is 11.3 Å². The van der Waals surface area contributed by atoms with E-state index in [9.17, 15) is 27.9 Å². The maximum atomic E-state index is 13.0. The van der Waals surface area contributed by atoms with Crippen LogP contribution in [0, 0.1) is 6.92 Å². The number of rotatable bonds is 8. The average Bonchev–Trinajstić information content (AvgIpc) is 2.77. The molecule has 0 radical (unpaired) electrons. The highest BCUT2D eigenvalue weighted by molar-refractivity contribution is 5.73. The van der Waals surface area contributed by atoms with Gasteiger partial charge in [-0.2, -0.15) is 13.2 Å². The number of aliphatic carboxylic acids is 1. The van der Waals surface area contributed by atoms with Crippen LogP contribution in [-0.2, 0) is 22.3 Å². The number of ether oxygens (including phenoxy) is 1. The Bertz CT molecular complexity index is 1100. The van der Waals surface area contributed by atoms with Crippen LogP contribution in [0.1, 0.15) is 36.0 Å². The molecule has 0 aliphatic carbocycles. The summed E-state index contributed by atoms with van der Waals surface area (Å²) in [7, 11) is 0. The molecular weight excluding hydrogens is 471 g/mol. The zero-order valence-electron chi connectivity index (χ0n) is 18.9. The molecule has 13 heteroatoms. The Labute approximate surface area is 198 Å². The van der Waals surface area contributed by atoms with Gasteiger partial charge in [0.1, 0.15) is 18.1 Å². The van der Waals surface area contributed by atoms with E-state index >= 15 is 0 Å². The van der Waals surface area contributed by atoms with E-state index in [-0.39, 0.29) is 30.3 Å². The van der Waals surface area contributed by atoms with Gasteiger partial charge in [0.15, 0.2) is 5.82 Å². The number of amides is 1. The molecular formula is C22H26F3N5O5. The van der Waals surface area contributed by atoms with E-state index in [0.717, 1.165) is 31.5 Å². The number of nitrogens with zero attached hydrogens (tertiary/aromatic N) is 3. The third-order valence-corrected chi connectivity index (χ3v) is 5.77. The molecule has 1 fully saturated rings. The van der Waals surface area contributed by atoms with Crippen molar-refractivity contribution in [3.05, 3.63) is 34.9 Å². The number of hydrogen-bond donors (Lipinski definition) is 4. The number of primary amides is 1. The standard InChI is InChI=1S/C22H26F3N5O5/c1-12-16(11-35-21(26)34)20(27-14-3-2-7-30(10-14)8-6-18(32)33)29-28-19(12)15-5-4-13(9-17(15)31)22(23,24)25/h4-5,9,14,31H,2-3,6-8,10-11H2,1H3,(H2,26,34)(H,27,29)(H,32,33)/t14-/m1/s1. The molecule has 2 heterocycles. The molecule has 0 saturated carbocycles. The number of carbonyl (C=O) groups excluding carboxylic acids is 1. The van der Waals surface area contributed by atoms with Gasteiger partial charge in [-0.3, -0.25) is 4.79 Å². The number of alkyl halides is 3. The van der Waals surface area contributed by atoms with Crippen molar-refractivity contribution in [3.8, 4) is 17.0 Å². The number of phenols is 1. The highest BCUT2D eigenvalue weighted by atomic mass is 19.4. The lowest BCUT2D eigenvalue weighted by atomic mass is 10.00. The van der Waals surface area contributed by atoms with Gasteiger partial charge in [-0.15, -0.1) is 10.2 Å². The Morgan fingerprint density at radius 3 is 2.69 bits per heavy atom. The van der Waals surface area contributed by atoms with Crippen LogP contribution >= 0.6 is 0 Å². The average molecular weight is 497 g/mol. The summed E-state index contributed by atoms with van der Waals surface area (Å²) in [4.78, 5) is 24.1. The van der Waals surface area contributed by atoms with Crippen LogP contribution in [0.4, 0.5) is 23.8 Å². The molecule has 1 atom stereocenters. The van der Waals surface area contributed by atoms with Crippen molar-refractivity contribution < 1.29 is 37.7 Å². The number of carbonyl (C=O) groups is 2. The summed E-state index contributed by atoms with van der Waals surface area (Å²) in [6, 6.07) is 2.44. The van der Waals surface area contributed by atoms with E-state index in [2.05, 4.69) is 15.5 Å². The van der Waals surface area contributed by atoms with Gasteiger partial charge in [0, 0.05) is 30.3 Å².